The molecule has 1 aromatic carbocycles. The van der Waals surface area contributed by atoms with E-state index in [4.69, 9.17) is 15.2 Å². The Bertz CT molecular complexity index is 1250. The van der Waals surface area contributed by atoms with Crippen LogP contribution in [0, 0.1) is 3.57 Å². The molecule has 0 spiro atoms. The van der Waals surface area contributed by atoms with Crippen molar-refractivity contribution in [2.24, 2.45) is 0 Å². The lowest BCUT2D eigenvalue weighted by molar-refractivity contribution is 0.171. The van der Waals surface area contributed by atoms with E-state index in [0.717, 1.165) is 14.2 Å². The zero-order valence-corrected chi connectivity index (χ0v) is 21.3. The van der Waals surface area contributed by atoms with Crippen LogP contribution >= 0.6 is 34.4 Å². The number of nitrogens with zero attached hydrogens (tertiary/aromatic N) is 4. The Hall–Kier alpha value is -1.84. The normalized spacial score (nSPS) is 13.8. The number of rotatable bonds is 8. The molecule has 10 nitrogen and oxygen atoms in total. The van der Waals surface area contributed by atoms with E-state index >= 15 is 0 Å². The Morgan fingerprint density at radius 1 is 1.25 bits per heavy atom. The van der Waals surface area contributed by atoms with Crippen LogP contribution < -0.4 is 19.9 Å². The molecule has 0 atom stereocenters. The molecule has 0 saturated heterocycles. The number of nitrogens with one attached hydrogen (secondary N) is 1. The van der Waals surface area contributed by atoms with Crippen LogP contribution in [0.5, 0.6) is 11.5 Å². The van der Waals surface area contributed by atoms with E-state index in [9.17, 15) is 8.42 Å². The zero-order chi connectivity index (χ0) is 22.9. The first kappa shape index (κ1) is 23.3. The van der Waals surface area contributed by atoms with Crippen molar-refractivity contribution < 1.29 is 17.9 Å². The van der Waals surface area contributed by atoms with E-state index in [1.165, 1.54) is 18.1 Å². The molecule has 0 fully saturated rings. The van der Waals surface area contributed by atoms with Gasteiger partial charge < -0.3 is 19.8 Å². The molecule has 0 bridgehead atoms. The van der Waals surface area contributed by atoms with Gasteiger partial charge in [0.2, 0.25) is 10.0 Å². The summed E-state index contributed by atoms with van der Waals surface area (Å²) in [7, 11) is -3.31. The van der Waals surface area contributed by atoms with Crippen LogP contribution in [0.4, 0.5) is 5.82 Å². The summed E-state index contributed by atoms with van der Waals surface area (Å²) in [5.74, 6) is 1.73. The molecule has 0 aliphatic carbocycles. The molecular formula is C19H23IN6O4S2. The lowest BCUT2D eigenvalue weighted by Gasteiger charge is -2.19. The summed E-state index contributed by atoms with van der Waals surface area (Å²) in [6.45, 7) is 5.16. The number of nitrogen functional groups attached to an aromatic ring is 1. The van der Waals surface area contributed by atoms with Crippen LogP contribution in [0.1, 0.15) is 20.3 Å². The van der Waals surface area contributed by atoms with Crippen LogP contribution in [0.25, 0.3) is 11.2 Å². The first-order valence-electron chi connectivity index (χ1n) is 9.98. The highest BCUT2D eigenvalue weighted by Crippen LogP contribution is 2.40. The molecule has 1 aliphatic heterocycles. The van der Waals surface area contributed by atoms with Gasteiger partial charge in [0.1, 0.15) is 19.5 Å². The van der Waals surface area contributed by atoms with Gasteiger partial charge in [-0.3, -0.25) is 0 Å². The van der Waals surface area contributed by atoms with Gasteiger partial charge in [-0.2, -0.15) is 0 Å². The topological polar surface area (TPSA) is 134 Å². The minimum absolute atomic E-state index is 0.299. The van der Waals surface area contributed by atoms with Gasteiger partial charge in [0, 0.05) is 21.6 Å². The van der Waals surface area contributed by atoms with Crippen molar-refractivity contribution in [2.75, 3.05) is 25.5 Å². The lowest BCUT2D eigenvalue weighted by Crippen LogP contribution is -2.31. The molecule has 0 radical (unpaired) electrons. The van der Waals surface area contributed by atoms with E-state index in [0.29, 0.717) is 60.6 Å². The number of fused-ring (bicyclic) bond motifs is 2. The van der Waals surface area contributed by atoms with Crippen molar-refractivity contribution in [3.8, 4) is 11.5 Å². The van der Waals surface area contributed by atoms with Crippen LogP contribution in [0.3, 0.4) is 0 Å². The number of sulfonamides is 1. The maximum absolute atomic E-state index is 12.0. The van der Waals surface area contributed by atoms with Gasteiger partial charge in [0.25, 0.3) is 0 Å². The van der Waals surface area contributed by atoms with E-state index < -0.39 is 15.3 Å². The highest BCUT2D eigenvalue weighted by molar-refractivity contribution is 14.1. The van der Waals surface area contributed by atoms with Crippen LogP contribution in [-0.4, -0.2) is 52.9 Å². The van der Waals surface area contributed by atoms with Crippen LogP contribution in [0.15, 0.2) is 28.5 Å². The zero-order valence-electron chi connectivity index (χ0n) is 17.5. The Balaban J connectivity index is 1.61. The molecular weight excluding hydrogens is 567 g/mol. The number of benzene rings is 1. The molecule has 0 unspecified atom stereocenters. The van der Waals surface area contributed by atoms with Gasteiger partial charge in [-0.1, -0.05) is 11.8 Å². The van der Waals surface area contributed by atoms with Crippen molar-refractivity contribution in [1.82, 2.24) is 24.2 Å². The summed E-state index contributed by atoms with van der Waals surface area (Å²) in [4.78, 5) is 14.0. The maximum atomic E-state index is 12.0. The summed E-state index contributed by atoms with van der Waals surface area (Å²) < 4.78 is 41.0. The van der Waals surface area contributed by atoms with Gasteiger partial charge in [-0.15, -0.1) is 0 Å². The molecule has 4 rings (SSSR count). The molecule has 3 heterocycles. The predicted octanol–water partition coefficient (Wildman–Crippen LogP) is 2.65. The second-order valence-corrected chi connectivity index (χ2v) is 11.8. The standard InChI is InChI=1S/C19H23IN6O4S2/c1-11(2)32(27,28)24-4-3-5-26-18-16(17(21)22-10-23-18)25-19(26)31-15-9-14-13(8-12(15)20)29-6-7-30-14/h8-11,24H,3-7H2,1-2H3,(H2,21,22,23). The minimum atomic E-state index is -3.31. The van der Waals surface area contributed by atoms with E-state index in [2.05, 4.69) is 42.3 Å². The average Bonchev–Trinajstić information content (AvgIpc) is 3.10. The number of nitrogens with two attached hydrogens (primary N) is 1. The quantitative estimate of drug-likeness (QED) is 0.300. The second kappa shape index (κ2) is 9.57. The summed E-state index contributed by atoms with van der Waals surface area (Å²) in [6.07, 6.45) is 1.96. The minimum Gasteiger partial charge on any atom is -0.486 e. The van der Waals surface area contributed by atoms with E-state index in [1.54, 1.807) is 13.8 Å². The van der Waals surface area contributed by atoms with Crippen LogP contribution in [0.2, 0.25) is 0 Å². The Morgan fingerprint density at radius 3 is 2.69 bits per heavy atom. The van der Waals surface area contributed by atoms with Gasteiger partial charge in [0.05, 0.1) is 5.25 Å². The number of anilines is 1. The number of aryl methyl sites for hydroxylation is 1. The third kappa shape index (κ3) is 4.89. The first-order valence-corrected chi connectivity index (χ1v) is 13.4. The van der Waals surface area contributed by atoms with E-state index in [1.807, 2.05) is 16.7 Å². The predicted molar refractivity (Wildman–Crippen MR) is 131 cm³/mol. The van der Waals surface area contributed by atoms with Crippen molar-refractivity contribution in [3.05, 3.63) is 22.0 Å². The fourth-order valence-corrected chi connectivity index (χ4v) is 5.53. The fraction of sp³-hybridized carbons (Fsp3) is 0.421. The number of ether oxygens (including phenoxy) is 2. The molecule has 172 valence electrons. The van der Waals surface area contributed by atoms with Crippen molar-refractivity contribution in [3.63, 3.8) is 0 Å². The van der Waals surface area contributed by atoms with Crippen molar-refractivity contribution >= 4 is 61.4 Å². The maximum Gasteiger partial charge on any atom is 0.213 e. The number of hydrogen-bond acceptors (Lipinski definition) is 9. The first-order chi connectivity index (χ1) is 15.3. The van der Waals surface area contributed by atoms with Gasteiger partial charge >= 0.3 is 0 Å². The summed E-state index contributed by atoms with van der Waals surface area (Å²) in [6, 6.07) is 3.88. The number of hydrogen-bond donors (Lipinski definition) is 2. The number of aromatic nitrogens is 4. The van der Waals surface area contributed by atoms with Crippen molar-refractivity contribution in [2.45, 2.75) is 42.1 Å². The van der Waals surface area contributed by atoms with Gasteiger partial charge in [-0.05, 0) is 55.0 Å². The largest absolute Gasteiger partial charge is 0.486 e. The molecule has 0 saturated carbocycles. The highest BCUT2D eigenvalue weighted by Gasteiger charge is 2.20. The number of imidazole rings is 1. The smallest absolute Gasteiger partial charge is 0.213 e. The van der Waals surface area contributed by atoms with Gasteiger partial charge in [-0.25, -0.2) is 28.1 Å². The molecule has 3 N–H and O–H groups in total. The molecule has 13 heteroatoms. The number of halogens is 1. The third-order valence-electron chi connectivity index (χ3n) is 4.81. The Kier molecular flexibility index (Phi) is 6.97. The third-order valence-corrected chi connectivity index (χ3v) is 8.96. The highest BCUT2D eigenvalue weighted by atomic mass is 127. The van der Waals surface area contributed by atoms with E-state index in [-0.39, 0.29) is 0 Å². The summed E-state index contributed by atoms with van der Waals surface area (Å²) in [5.41, 5.74) is 7.16. The van der Waals surface area contributed by atoms with Gasteiger partial charge in [0.15, 0.2) is 33.6 Å². The molecule has 32 heavy (non-hydrogen) atoms. The summed E-state index contributed by atoms with van der Waals surface area (Å²) in [5, 5.41) is 0.209. The fourth-order valence-electron chi connectivity index (χ4n) is 3.05. The van der Waals surface area contributed by atoms with Crippen LogP contribution in [-0.2, 0) is 16.6 Å². The average molecular weight is 590 g/mol. The second-order valence-electron chi connectivity index (χ2n) is 7.35. The van der Waals surface area contributed by atoms with Crippen molar-refractivity contribution in [1.29, 1.82) is 0 Å². The molecule has 1 aliphatic rings. The molecule has 3 aromatic rings. The Morgan fingerprint density at radius 2 is 1.97 bits per heavy atom. The Labute approximate surface area is 203 Å². The SMILES string of the molecule is CC(C)S(=O)(=O)NCCCn1c(Sc2cc3c(cc2I)OCCO3)nc2c(N)ncnc21. The lowest BCUT2D eigenvalue weighted by atomic mass is 10.3. The monoisotopic (exact) mass is 590 g/mol. The summed E-state index contributed by atoms with van der Waals surface area (Å²) >= 11 is 3.72. The molecule has 2 aromatic heterocycles. The molecule has 0 amide bonds.